The minimum atomic E-state index is -1.22. The standard InChI is InChI=1S/C27H27N3O7/c1-36-26(32)23(17-21-14-8-9-15-24(21)30(34)35)28-25(31)22(16-19-10-4-2-5-11-19)29-27(33)37-18-20-12-6-3-7-13-20/h2-15,22-23H,16-18H2,1H3,(H,28,31)(H,29,33)/t22-,23-/m1/s1. The number of nitro groups is 1. The SMILES string of the molecule is COC(=O)[C@@H](Cc1ccccc1[N+](=O)[O-])NC(=O)[C@@H](Cc1ccccc1)NC(=O)OCc1ccccc1. The molecule has 0 aromatic heterocycles. The van der Waals surface area contributed by atoms with Crippen LogP contribution in [0.1, 0.15) is 16.7 Å². The Labute approximate surface area is 213 Å². The number of nitro benzene ring substituents is 1. The molecule has 2 atom stereocenters. The number of methoxy groups -OCH3 is 1. The average Bonchev–Trinajstić information content (AvgIpc) is 2.92. The van der Waals surface area contributed by atoms with E-state index in [4.69, 9.17) is 9.47 Å². The molecule has 0 aliphatic carbocycles. The van der Waals surface area contributed by atoms with Gasteiger partial charge in [0.25, 0.3) is 5.69 Å². The predicted octanol–water partition coefficient (Wildman–Crippen LogP) is 3.33. The van der Waals surface area contributed by atoms with Crippen molar-refractivity contribution in [3.63, 3.8) is 0 Å². The first-order valence-electron chi connectivity index (χ1n) is 11.5. The number of hydrogen-bond acceptors (Lipinski definition) is 7. The summed E-state index contributed by atoms with van der Waals surface area (Å²) in [7, 11) is 1.15. The van der Waals surface area contributed by atoms with Crippen molar-refractivity contribution in [2.75, 3.05) is 7.11 Å². The molecule has 0 saturated carbocycles. The van der Waals surface area contributed by atoms with Crippen molar-refractivity contribution in [2.45, 2.75) is 31.5 Å². The zero-order valence-electron chi connectivity index (χ0n) is 20.2. The van der Waals surface area contributed by atoms with Crippen LogP contribution in [0.4, 0.5) is 10.5 Å². The second-order valence-corrected chi connectivity index (χ2v) is 8.12. The molecule has 192 valence electrons. The summed E-state index contributed by atoms with van der Waals surface area (Å²) in [6.45, 7) is 0.00874. The maximum atomic E-state index is 13.3. The number of hydrogen-bond donors (Lipinski definition) is 2. The minimum Gasteiger partial charge on any atom is -0.467 e. The Morgan fingerprint density at radius 1 is 0.811 bits per heavy atom. The Balaban J connectivity index is 1.76. The smallest absolute Gasteiger partial charge is 0.408 e. The van der Waals surface area contributed by atoms with Crippen LogP contribution in [0, 0.1) is 10.1 Å². The number of nitrogens with zero attached hydrogens (tertiary/aromatic N) is 1. The molecule has 0 saturated heterocycles. The van der Waals surface area contributed by atoms with E-state index >= 15 is 0 Å². The number of carbonyl (C=O) groups excluding carboxylic acids is 3. The van der Waals surface area contributed by atoms with Crippen LogP contribution in [-0.4, -0.2) is 42.1 Å². The van der Waals surface area contributed by atoms with E-state index in [1.165, 1.54) is 18.2 Å². The first kappa shape index (κ1) is 26.9. The van der Waals surface area contributed by atoms with Crippen LogP contribution in [0.3, 0.4) is 0 Å². The first-order valence-corrected chi connectivity index (χ1v) is 11.5. The fourth-order valence-corrected chi connectivity index (χ4v) is 3.66. The molecular weight excluding hydrogens is 478 g/mol. The highest BCUT2D eigenvalue weighted by Crippen LogP contribution is 2.20. The summed E-state index contributed by atoms with van der Waals surface area (Å²) in [5.41, 5.74) is 1.60. The van der Waals surface area contributed by atoms with E-state index in [1.54, 1.807) is 42.5 Å². The molecule has 0 fully saturated rings. The lowest BCUT2D eigenvalue weighted by atomic mass is 10.0. The molecule has 2 N–H and O–H groups in total. The number of alkyl carbamates (subject to hydrolysis) is 1. The summed E-state index contributed by atoms with van der Waals surface area (Å²) >= 11 is 0. The van der Waals surface area contributed by atoms with Gasteiger partial charge in [0.1, 0.15) is 18.7 Å². The topological polar surface area (TPSA) is 137 Å². The normalized spacial score (nSPS) is 12.0. The zero-order valence-corrected chi connectivity index (χ0v) is 20.2. The molecular formula is C27H27N3O7. The van der Waals surface area contributed by atoms with E-state index in [2.05, 4.69) is 10.6 Å². The Kier molecular flexibility index (Phi) is 9.72. The number of rotatable bonds is 11. The third-order valence-corrected chi connectivity index (χ3v) is 5.52. The maximum absolute atomic E-state index is 13.3. The Hall–Kier alpha value is -4.73. The van der Waals surface area contributed by atoms with Crippen molar-refractivity contribution in [3.8, 4) is 0 Å². The highest BCUT2D eigenvalue weighted by molar-refractivity contribution is 5.90. The van der Waals surface area contributed by atoms with Crippen molar-refractivity contribution < 1.29 is 28.8 Å². The van der Waals surface area contributed by atoms with Gasteiger partial charge in [0.05, 0.1) is 12.0 Å². The van der Waals surface area contributed by atoms with Gasteiger partial charge in [0, 0.05) is 24.5 Å². The minimum absolute atomic E-state index is 0.00874. The summed E-state index contributed by atoms with van der Waals surface area (Å²) < 4.78 is 10.1. The molecule has 0 heterocycles. The lowest BCUT2D eigenvalue weighted by Gasteiger charge is -2.22. The van der Waals surface area contributed by atoms with Crippen LogP contribution in [0.25, 0.3) is 0 Å². The van der Waals surface area contributed by atoms with Gasteiger partial charge in [-0.2, -0.15) is 0 Å². The zero-order chi connectivity index (χ0) is 26.6. The quantitative estimate of drug-likeness (QED) is 0.232. The largest absolute Gasteiger partial charge is 0.467 e. The molecule has 0 unspecified atom stereocenters. The fraction of sp³-hybridized carbons (Fsp3) is 0.222. The van der Waals surface area contributed by atoms with Crippen molar-refractivity contribution in [2.24, 2.45) is 0 Å². The number of carbonyl (C=O) groups is 3. The highest BCUT2D eigenvalue weighted by Gasteiger charge is 2.30. The average molecular weight is 506 g/mol. The van der Waals surface area contributed by atoms with Gasteiger partial charge in [0.2, 0.25) is 5.91 Å². The first-order chi connectivity index (χ1) is 17.9. The second-order valence-electron chi connectivity index (χ2n) is 8.12. The number of esters is 1. The van der Waals surface area contributed by atoms with Crippen LogP contribution in [0.5, 0.6) is 0 Å². The lowest BCUT2D eigenvalue weighted by molar-refractivity contribution is -0.385. The third-order valence-electron chi connectivity index (χ3n) is 5.52. The molecule has 0 spiro atoms. The van der Waals surface area contributed by atoms with Gasteiger partial charge in [-0.05, 0) is 11.1 Å². The van der Waals surface area contributed by atoms with Gasteiger partial charge in [0.15, 0.2) is 0 Å². The van der Waals surface area contributed by atoms with Crippen LogP contribution >= 0.6 is 0 Å². The van der Waals surface area contributed by atoms with Crippen LogP contribution in [-0.2, 0) is 38.5 Å². The Morgan fingerprint density at radius 2 is 1.41 bits per heavy atom. The van der Waals surface area contributed by atoms with Gasteiger partial charge in [-0.15, -0.1) is 0 Å². The molecule has 0 aliphatic rings. The van der Waals surface area contributed by atoms with E-state index in [1.807, 2.05) is 24.3 Å². The summed E-state index contributed by atoms with van der Waals surface area (Å²) in [6, 6.07) is 21.7. The Morgan fingerprint density at radius 3 is 2.03 bits per heavy atom. The van der Waals surface area contributed by atoms with E-state index in [0.717, 1.165) is 18.2 Å². The molecule has 2 amide bonds. The highest BCUT2D eigenvalue weighted by atomic mass is 16.6. The molecule has 0 radical (unpaired) electrons. The third kappa shape index (κ3) is 8.17. The van der Waals surface area contributed by atoms with Crippen LogP contribution in [0.2, 0.25) is 0 Å². The summed E-state index contributed by atoms with van der Waals surface area (Å²) in [5, 5.41) is 16.5. The van der Waals surface area contributed by atoms with Gasteiger partial charge in [-0.3, -0.25) is 14.9 Å². The molecule has 10 heteroatoms. The molecule has 0 aliphatic heterocycles. The number of ether oxygens (including phenoxy) is 2. The van der Waals surface area contributed by atoms with Crippen LogP contribution < -0.4 is 10.6 Å². The van der Waals surface area contributed by atoms with Crippen molar-refractivity contribution in [1.29, 1.82) is 0 Å². The molecule has 3 aromatic carbocycles. The summed E-state index contributed by atoms with van der Waals surface area (Å²) in [4.78, 5) is 49.1. The molecule has 3 rings (SSSR count). The Bertz CT molecular complexity index is 1220. The van der Waals surface area contributed by atoms with Crippen molar-refractivity contribution in [1.82, 2.24) is 10.6 Å². The number of para-hydroxylation sites is 1. The molecule has 10 nitrogen and oxygen atoms in total. The van der Waals surface area contributed by atoms with Crippen molar-refractivity contribution in [3.05, 3.63) is 112 Å². The molecule has 37 heavy (non-hydrogen) atoms. The van der Waals surface area contributed by atoms with E-state index < -0.39 is 35.0 Å². The number of nitrogens with one attached hydrogen (secondary N) is 2. The second kappa shape index (κ2) is 13.4. The molecule has 0 bridgehead atoms. The van der Waals surface area contributed by atoms with E-state index in [9.17, 15) is 24.5 Å². The van der Waals surface area contributed by atoms with Gasteiger partial charge in [-0.25, -0.2) is 9.59 Å². The summed E-state index contributed by atoms with van der Waals surface area (Å²) in [5.74, 6) is -1.45. The van der Waals surface area contributed by atoms with Crippen LogP contribution in [0.15, 0.2) is 84.9 Å². The number of amides is 2. The monoisotopic (exact) mass is 505 g/mol. The van der Waals surface area contributed by atoms with Crippen molar-refractivity contribution >= 4 is 23.7 Å². The molecule has 3 aromatic rings. The predicted molar refractivity (Wildman–Crippen MR) is 134 cm³/mol. The fourth-order valence-electron chi connectivity index (χ4n) is 3.66. The summed E-state index contributed by atoms with van der Waals surface area (Å²) in [6.07, 6.45) is -0.869. The van der Waals surface area contributed by atoms with Gasteiger partial charge < -0.3 is 20.1 Å². The van der Waals surface area contributed by atoms with E-state index in [0.29, 0.717) is 0 Å². The lowest BCUT2D eigenvalue weighted by Crippen LogP contribution is -2.53. The maximum Gasteiger partial charge on any atom is 0.408 e. The van der Waals surface area contributed by atoms with Gasteiger partial charge >= 0.3 is 12.1 Å². The van der Waals surface area contributed by atoms with E-state index in [-0.39, 0.29) is 30.7 Å². The van der Waals surface area contributed by atoms with Gasteiger partial charge in [-0.1, -0.05) is 78.9 Å². The number of benzene rings is 3.